The average Bonchev–Trinajstić information content (AvgIpc) is 3.15. The summed E-state index contributed by atoms with van der Waals surface area (Å²) in [4.78, 5) is 48.9. The number of carbonyl (C=O) groups excluding carboxylic acids is 4. The molecule has 3 rings (SSSR count). The highest BCUT2D eigenvalue weighted by Gasteiger charge is 2.52. The van der Waals surface area contributed by atoms with Gasteiger partial charge < -0.3 is 90.1 Å². The van der Waals surface area contributed by atoms with E-state index in [4.69, 9.17) is 28.4 Å². The topological polar surface area (TPSA) is 353 Å². The highest BCUT2D eigenvalue weighted by atomic mass is 16.7. The lowest BCUT2D eigenvalue weighted by molar-refractivity contribution is -0.366. The number of Topliss-reactive ketones (excluding diaryl/α,β-unsaturated/α-hetero) is 2. The number of aliphatic hydroxyl groups is 10. The molecule has 0 aromatic carbocycles. The number of unbranched alkanes of at least 4 members (excludes halogenated alkanes) is 2. The second-order valence-corrected chi connectivity index (χ2v) is 14.3. The SMILES string of the molecule is CC(=O)CN(CC(C)=O)CC(=O)NCCCCCC(=O)NCCO[C@H]1O[C@H](CO[C@H]2O[C@H](CO)[C@@H](O)[C@H](O)[C@@H]2O)[C@@H](O)[C@H](O[C@H]2O[C@H](CO)[C@@H](O)[C@H](O)[C@@H]2O)[C@@H]1O. The van der Waals surface area contributed by atoms with Crippen LogP contribution in [0.15, 0.2) is 0 Å². The van der Waals surface area contributed by atoms with Crippen molar-refractivity contribution in [2.45, 2.75) is 132 Å². The molecule has 3 fully saturated rings. The molecule has 0 radical (unpaired) electrons. The van der Waals surface area contributed by atoms with Gasteiger partial charge in [0.15, 0.2) is 18.9 Å². The van der Waals surface area contributed by atoms with Gasteiger partial charge in [-0.1, -0.05) is 6.42 Å². The minimum Gasteiger partial charge on any atom is -0.394 e. The fraction of sp³-hybridized carbons (Fsp3) is 0.882. The predicted octanol–water partition coefficient (Wildman–Crippen LogP) is -7.28. The van der Waals surface area contributed by atoms with Crippen molar-refractivity contribution in [3.8, 4) is 0 Å². The average molecular weight is 830 g/mol. The van der Waals surface area contributed by atoms with Crippen LogP contribution in [0.5, 0.6) is 0 Å². The van der Waals surface area contributed by atoms with E-state index in [0.717, 1.165) is 0 Å². The molecule has 0 unspecified atom stereocenters. The Labute approximate surface area is 328 Å². The number of ketones is 2. The summed E-state index contributed by atoms with van der Waals surface area (Å²) in [6.07, 6.45) is -23.5. The summed E-state index contributed by atoms with van der Waals surface area (Å²) in [5.74, 6) is -1.01. The van der Waals surface area contributed by atoms with Crippen LogP contribution < -0.4 is 10.6 Å². The summed E-state index contributed by atoms with van der Waals surface area (Å²) in [7, 11) is 0. The minimum absolute atomic E-state index is 0.0188. The predicted molar refractivity (Wildman–Crippen MR) is 187 cm³/mol. The van der Waals surface area contributed by atoms with Crippen molar-refractivity contribution in [2.24, 2.45) is 0 Å². The summed E-state index contributed by atoms with van der Waals surface area (Å²) in [6, 6.07) is 0. The van der Waals surface area contributed by atoms with Crippen LogP contribution in [0.3, 0.4) is 0 Å². The Morgan fingerprint density at radius 2 is 1.09 bits per heavy atom. The van der Waals surface area contributed by atoms with E-state index < -0.39 is 112 Å². The minimum atomic E-state index is -1.91. The number of nitrogens with one attached hydrogen (secondary N) is 2. The van der Waals surface area contributed by atoms with Gasteiger partial charge in [-0.3, -0.25) is 24.1 Å². The van der Waals surface area contributed by atoms with Gasteiger partial charge in [-0.15, -0.1) is 0 Å². The Bertz CT molecular complexity index is 1250. The van der Waals surface area contributed by atoms with Gasteiger partial charge >= 0.3 is 0 Å². The number of ether oxygens (including phenoxy) is 6. The van der Waals surface area contributed by atoms with Crippen LogP contribution in [0.25, 0.3) is 0 Å². The summed E-state index contributed by atoms with van der Waals surface area (Å²) < 4.78 is 33.2. The normalized spacial score (nSPS) is 35.8. The van der Waals surface area contributed by atoms with Crippen molar-refractivity contribution in [3.63, 3.8) is 0 Å². The Morgan fingerprint density at radius 3 is 1.67 bits per heavy atom. The molecule has 0 aromatic rings. The molecule has 2 amide bonds. The molecule has 3 aliphatic heterocycles. The highest BCUT2D eigenvalue weighted by molar-refractivity contribution is 5.83. The van der Waals surface area contributed by atoms with Crippen LogP contribution in [0, 0.1) is 0 Å². The summed E-state index contributed by atoms with van der Waals surface area (Å²) in [5.41, 5.74) is 0. The van der Waals surface area contributed by atoms with Gasteiger partial charge in [0, 0.05) is 19.5 Å². The van der Waals surface area contributed by atoms with Crippen LogP contribution in [0.1, 0.15) is 39.5 Å². The van der Waals surface area contributed by atoms with Crippen LogP contribution in [0.4, 0.5) is 0 Å². The first-order chi connectivity index (χ1) is 27.0. The molecule has 0 aromatic heterocycles. The molecule has 0 spiro atoms. The maximum atomic E-state index is 12.4. The van der Waals surface area contributed by atoms with Crippen molar-refractivity contribution in [1.29, 1.82) is 0 Å². The maximum absolute atomic E-state index is 12.4. The maximum Gasteiger partial charge on any atom is 0.234 e. The number of hydrogen-bond donors (Lipinski definition) is 12. The lowest BCUT2D eigenvalue weighted by atomic mass is 9.96. The van der Waals surface area contributed by atoms with E-state index in [1.807, 2.05) is 0 Å². The zero-order chi connectivity index (χ0) is 42.4. The van der Waals surface area contributed by atoms with Crippen LogP contribution in [0.2, 0.25) is 0 Å². The number of rotatable bonds is 23. The molecule has 0 aliphatic carbocycles. The Morgan fingerprint density at radius 1 is 0.561 bits per heavy atom. The molecule has 15 atom stereocenters. The second-order valence-electron chi connectivity index (χ2n) is 14.3. The Hall–Kier alpha value is -2.40. The zero-order valence-corrected chi connectivity index (χ0v) is 31.9. The largest absolute Gasteiger partial charge is 0.394 e. The lowest BCUT2D eigenvalue weighted by Crippen LogP contribution is -2.65. The lowest BCUT2D eigenvalue weighted by Gasteiger charge is -2.46. The summed E-state index contributed by atoms with van der Waals surface area (Å²) >= 11 is 0. The van der Waals surface area contributed by atoms with Crippen LogP contribution in [-0.4, -0.2) is 231 Å². The molecule has 3 saturated heterocycles. The Balaban J connectivity index is 1.51. The summed E-state index contributed by atoms with van der Waals surface area (Å²) in [5, 5.41) is 108. The molecule has 0 bridgehead atoms. The van der Waals surface area contributed by atoms with Crippen LogP contribution >= 0.6 is 0 Å². The first-order valence-electron chi connectivity index (χ1n) is 18.7. The van der Waals surface area contributed by atoms with Gasteiger partial charge in [-0.2, -0.15) is 0 Å². The molecule has 0 saturated carbocycles. The van der Waals surface area contributed by atoms with Gasteiger partial charge in [0.1, 0.15) is 84.8 Å². The first-order valence-corrected chi connectivity index (χ1v) is 18.7. The number of carbonyl (C=O) groups is 4. The molecule has 57 heavy (non-hydrogen) atoms. The Kier molecular flexibility index (Phi) is 20.6. The van der Waals surface area contributed by atoms with Crippen molar-refractivity contribution >= 4 is 23.4 Å². The smallest absolute Gasteiger partial charge is 0.234 e. The van der Waals surface area contributed by atoms with E-state index in [9.17, 15) is 70.2 Å². The van der Waals surface area contributed by atoms with Gasteiger partial charge in [0.25, 0.3) is 0 Å². The third-order valence-electron chi connectivity index (χ3n) is 9.42. The molecular weight excluding hydrogens is 770 g/mol. The molecule has 3 aliphatic rings. The zero-order valence-electron chi connectivity index (χ0n) is 31.9. The number of amides is 2. The molecule has 23 nitrogen and oxygen atoms in total. The second kappa shape index (κ2) is 24.0. The molecule has 330 valence electrons. The van der Waals surface area contributed by atoms with Gasteiger partial charge in [-0.25, -0.2) is 0 Å². The fourth-order valence-electron chi connectivity index (χ4n) is 6.39. The van der Waals surface area contributed by atoms with Gasteiger partial charge in [-0.05, 0) is 26.7 Å². The molecular formula is C34H59N3O20. The highest BCUT2D eigenvalue weighted by Crippen LogP contribution is 2.31. The van der Waals surface area contributed by atoms with E-state index >= 15 is 0 Å². The van der Waals surface area contributed by atoms with E-state index in [2.05, 4.69) is 10.6 Å². The van der Waals surface area contributed by atoms with E-state index in [0.29, 0.717) is 25.8 Å². The van der Waals surface area contributed by atoms with Crippen molar-refractivity contribution in [2.75, 3.05) is 59.2 Å². The number of nitrogens with zero attached hydrogens (tertiary/aromatic N) is 1. The molecule has 12 N–H and O–H groups in total. The summed E-state index contributed by atoms with van der Waals surface area (Å²) in [6.45, 7) is 0.452. The molecule has 23 heteroatoms. The number of hydrogen-bond acceptors (Lipinski definition) is 21. The molecule has 3 heterocycles. The quantitative estimate of drug-likeness (QED) is 0.0426. The van der Waals surface area contributed by atoms with E-state index in [1.54, 1.807) is 0 Å². The monoisotopic (exact) mass is 829 g/mol. The van der Waals surface area contributed by atoms with E-state index in [-0.39, 0.29) is 62.6 Å². The van der Waals surface area contributed by atoms with E-state index in [1.165, 1.54) is 18.7 Å². The van der Waals surface area contributed by atoms with Crippen LogP contribution in [-0.2, 0) is 47.6 Å². The third kappa shape index (κ3) is 14.7. The van der Waals surface area contributed by atoms with Crippen molar-refractivity contribution < 1.29 is 98.7 Å². The van der Waals surface area contributed by atoms with Crippen molar-refractivity contribution in [1.82, 2.24) is 15.5 Å². The van der Waals surface area contributed by atoms with Gasteiger partial charge in [0.2, 0.25) is 11.8 Å². The first kappa shape index (κ1) is 49.0. The fourth-order valence-corrected chi connectivity index (χ4v) is 6.39. The van der Waals surface area contributed by atoms with Gasteiger partial charge in [0.05, 0.1) is 46.1 Å². The third-order valence-corrected chi connectivity index (χ3v) is 9.42. The number of aliphatic hydroxyl groups excluding tert-OH is 10. The van der Waals surface area contributed by atoms with Crippen molar-refractivity contribution in [3.05, 3.63) is 0 Å². The standard InChI is InChI=1S/C34H59N3O20/c1-16(40)10-37(11-17(2)41)12-22(43)35-7-5-3-4-6-21(42)36-8-9-52-33-30(51)31(57-34-29(50)27(48)24(45)19(14-39)55-34)25(46)20(56-33)15-53-32-28(49)26(47)23(44)18(13-38)54-32/h18-20,23-34,38-39,44-51H,3-15H2,1-2H3,(H,35,43)(H,36,42)/t18-,19-,20-,23-,24-,25-,26+,27+,28+,29+,30+,31+,32+,33+,34-/m1/s1.